The van der Waals surface area contributed by atoms with Gasteiger partial charge in [0.05, 0.1) is 6.04 Å². The molecular weight excluding hydrogens is 371 g/mol. The van der Waals surface area contributed by atoms with E-state index in [1.54, 1.807) is 0 Å². The summed E-state index contributed by atoms with van der Waals surface area (Å²) in [5, 5.41) is 6.69. The molecule has 0 radical (unpaired) electrons. The summed E-state index contributed by atoms with van der Waals surface area (Å²) in [7, 11) is 2.17. The number of hydrogen-bond donors (Lipinski definition) is 2. The van der Waals surface area contributed by atoms with E-state index < -0.39 is 0 Å². The first-order valence-corrected chi connectivity index (χ1v) is 8.67. The van der Waals surface area contributed by atoms with Crippen molar-refractivity contribution in [3.05, 3.63) is 0 Å². The topological polar surface area (TPSA) is 47.6 Å². The average Bonchev–Trinajstić information content (AvgIpc) is 2.93. The number of hydrogen-bond acceptors (Lipinski definition) is 4. The van der Waals surface area contributed by atoms with Crippen molar-refractivity contribution in [1.82, 2.24) is 20.4 Å². The van der Waals surface area contributed by atoms with E-state index in [1.165, 1.54) is 25.7 Å². The van der Waals surface area contributed by atoms with Crippen LogP contribution in [0.2, 0.25) is 0 Å². The zero-order chi connectivity index (χ0) is 14.7. The van der Waals surface area contributed by atoms with Crippen molar-refractivity contribution < 1.29 is 4.79 Å². The Morgan fingerprint density at radius 1 is 1.08 bits per heavy atom. The summed E-state index contributed by atoms with van der Waals surface area (Å²) in [5.74, 6) is 0.964. The molecule has 24 heavy (non-hydrogen) atoms. The van der Waals surface area contributed by atoms with Crippen LogP contribution in [0.25, 0.3) is 0 Å². The van der Waals surface area contributed by atoms with Gasteiger partial charge in [-0.25, -0.2) is 0 Å². The monoisotopic (exact) mass is 402 g/mol. The smallest absolute Gasteiger partial charge is 0.237 e. The van der Waals surface area contributed by atoms with Crippen molar-refractivity contribution in [2.45, 2.75) is 44.2 Å². The van der Waals surface area contributed by atoms with Crippen LogP contribution in [0.4, 0.5) is 0 Å². The van der Waals surface area contributed by atoms with Crippen LogP contribution in [0, 0.1) is 5.92 Å². The molecule has 0 spiro atoms. The van der Waals surface area contributed by atoms with E-state index in [0.29, 0.717) is 6.04 Å². The molecule has 2 aliphatic heterocycles. The molecule has 3 unspecified atom stereocenters. The lowest BCUT2D eigenvalue weighted by atomic mass is 9.85. The zero-order valence-electron chi connectivity index (χ0n) is 14.5. The highest BCUT2D eigenvalue weighted by Gasteiger charge is 2.37. The van der Waals surface area contributed by atoms with Crippen LogP contribution in [0.15, 0.2) is 0 Å². The van der Waals surface area contributed by atoms with Gasteiger partial charge in [-0.2, -0.15) is 0 Å². The normalized spacial score (nSPS) is 30.3. The second-order valence-corrected chi connectivity index (χ2v) is 7.04. The zero-order valence-corrected chi connectivity index (χ0v) is 17.0. The third kappa shape index (κ3) is 6.50. The maximum absolute atomic E-state index is 12.3. The van der Waals surface area contributed by atoms with E-state index in [0.717, 1.165) is 51.6 Å². The Kier molecular flexibility index (Phi) is 11.9. The molecule has 1 saturated carbocycles. The van der Waals surface area contributed by atoms with Gasteiger partial charge in [0, 0.05) is 45.3 Å². The SMILES string of the molecule is CN1CCN(CCNC(=O)C2CC3CCCCC3N2)CC1.Cl.Cl.Cl. The summed E-state index contributed by atoms with van der Waals surface area (Å²) >= 11 is 0. The van der Waals surface area contributed by atoms with E-state index in [2.05, 4.69) is 27.5 Å². The molecule has 0 aromatic heterocycles. The number of nitrogens with zero attached hydrogens (tertiary/aromatic N) is 2. The van der Waals surface area contributed by atoms with E-state index in [-0.39, 0.29) is 49.2 Å². The third-order valence-electron chi connectivity index (χ3n) is 5.50. The standard InChI is InChI=1S/C16H30N4O.3ClH/c1-19-8-10-20(11-9-19)7-6-17-16(21)15-12-13-4-2-3-5-14(13)18-15;;;/h13-15,18H,2-12H2,1H3,(H,17,21);3*1H. The molecule has 1 aliphatic carbocycles. The number of likely N-dealkylation sites (N-methyl/N-ethyl adjacent to an activating group) is 1. The lowest BCUT2D eigenvalue weighted by molar-refractivity contribution is -0.122. The van der Waals surface area contributed by atoms with Crippen molar-refractivity contribution in [2.24, 2.45) is 5.92 Å². The Hall–Kier alpha value is 0.220. The number of nitrogens with one attached hydrogen (secondary N) is 2. The summed E-state index contributed by atoms with van der Waals surface area (Å²) < 4.78 is 0. The molecule has 8 heteroatoms. The van der Waals surface area contributed by atoms with E-state index in [1.807, 2.05) is 0 Å². The minimum atomic E-state index is 0. The Morgan fingerprint density at radius 2 is 1.75 bits per heavy atom. The molecular formula is C16H33Cl3N4O. The van der Waals surface area contributed by atoms with E-state index >= 15 is 0 Å². The van der Waals surface area contributed by atoms with Crippen LogP contribution >= 0.6 is 37.2 Å². The largest absolute Gasteiger partial charge is 0.353 e. The first-order valence-electron chi connectivity index (χ1n) is 8.67. The molecule has 2 heterocycles. The Balaban J connectivity index is 0.00000176. The second-order valence-electron chi connectivity index (χ2n) is 7.04. The molecule has 3 fully saturated rings. The number of carbonyl (C=O) groups is 1. The number of carbonyl (C=O) groups excluding carboxylic acids is 1. The lowest BCUT2D eigenvalue weighted by Gasteiger charge is -2.32. The number of piperazine rings is 1. The fraction of sp³-hybridized carbons (Fsp3) is 0.938. The number of fused-ring (bicyclic) bond motifs is 1. The van der Waals surface area contributed by atoms with Crippen LogP contribution in [0.5, 0.6) is 0 Å². The molecule has 3 rings (SSSR count). The average molecular weight is 404 g/mol. The molecule has 0 aromatic carbocycles. The summed E-state index contributed by atoms with van der Waals surface area (Å²) in [6, 6.07) is 0.665. The summed E-state index contributed by atoms with van der Waals surface area (Å²) in [5.41, 5.74) is 0. The van der Waals surface area contributed by atoms with Gasteiger partial charge in [0.15, 0.2) is 0 Å². The molecule has 1 amide bonds. The van der Waals surface area contributed by atoms with Crippen LogP contribution < -0.4 is 10.6 Å². The van der Waals surface area contributed by atoms with Gasteiger partial charge in [0.25, 0.3) is 0 Å². The van der Waals surface area contributed by atoms with Crippen LogP contribution in [-0.4, -0.2) is 74.1 Å². The van der Waals surface area contributed by atoms with E-state index in [4.69, 9.17) is 0 Å². The molecule has 0 bridgehead atoms. The molecule has 144 valence electrons. The number of halogens is 3. The summed E-state index contributed by atoms with van der Waals surface area (Å²) in [6.07, 6.45) is 6.29. The van der Waals surface area contributed by atoms with Crippen LogP contribution in [0.3, 0.4) is 0 Å². The van der Waals surface area contributed by atoms with Gasteiger partial charge < -0.3 is 15.5 Å². The maximum atomic E-state index is 12.3. The number of amides is 1. The van der Waals surface area contributed by atoms with Gasteiger partial charge in [-0.1, -0.05) is 12.8 Å². The second kappa shape index (κ2) is 11.8. The number of rotatable bonds is 4. The molecule has 5 nitrogen and oxygen atoms in total. The Labute approximate surface area is 164 Å². The van der Waals surface area contributed by atoms with Crippen molar-refractivity contribution in [3.8, 4) is 0 Å². The van der Waals surface area contributed by atoms with Gasteiger partial charge in [-0.3, -0.25) is 9.69 Å². The lowest BCUT2D eigenvalue weighted by Crippen LogP contribution is -2.48. The molecule has 3 atom stereocenters. The molecule has 0 aromatic rings. The summed E-state index contributed by atoms with van der Waals surface area (Å²) in [6.45, 7) is 6.30. The highest BCUT2D eigenvalue weighted by Crippen LogP contribution is 2.33. The van der Waals surface area contributed by atoms with Gasteiger partial charge in [-0.15, -0.1) is 37.2 Å². The summed E-state index contributed by atoms with van der Waals surface area (Å²) in [4.78, 5) is 17.1. The predicted octanol–water partition coefficient (Wildman–Crippen LogP) is 1.54. The van der Waals surface area contributed by atoms with Crippen molar-refractivity contribution in [3.63, 3.8) is 0 Å². The molecule has 2 saturated heterocycles. The van der Waals surface area contributed by atoms with Gasteiger partial charge >= 0.3 is 0 Å². The molecule has 2 N–H and O–H groups in total. The van der Waals surface area contributed by atoms with Crippen molar-refractivity contribution in [1.29, 1.82) is 0 Å². The van der Waals surface area contributed by atoms with Crippen LogP contribution in [-0.2, 0) is 4.79 Å². The molecule has 3 aliphatic rings. The third-order valence-corrected chi connectivity index (χ3v) is 5.50. The fourth-order valence-corrected chi connectivity index (χ4v) is 4.05. The first kappa shape index (κ1) is 24.2. The van der Waals surface area contributed by atoms with Gasteiger partial charge in [0.2, 0.25) is 5.91 Å². The predicted molar refractivity (Wildman–Crippen MR) is 106 cm³/mol. The van der Waals surface area contributed by atoms with Gasteiger partial charge in [0.1, 0.15) is 0 Å². The van der Waals surface area contributed by atoms with Crippen molar-refractivity contribution in [2.75, 3.05) is 46.3 Å². The van der Waals surface area contributed by atoms with E-state index in [9.17, 15) is 4.79 Å². The van der Waals surface area contributed by atoms with Gasteiger partial charge in [-0.05, 0) is 32.2 Å². The first-order chi connectivity index (χ1) is 10.2. The minimum Gasteiger partial charge on any atom is -0.353 e. The van der Waals surface area contributed by atoms with Crippen LogP contribution in [0.1, 0.15) is 32.1 Å². The van der Waals surface area contributed by atoms with Crippen molar-refractivity contribution >= 4 is 43.1 Å². The minimum absolute atomic E-state index is 0. The fourth-order valence-electron chi connectivity index (χ4n) is 4.05. The Bertz CT molecular complexity index is 353. The quantitative estimate of drug-likeness (QED) is 0.747. The highest BCUT2D eigenvalue weighted by molar-refractivity contribution is 5.86. The maximum Gasteiger partial charge on any atom is 0.237 e. The Morgan fingerprint density at radius 3 is 2.42 bits per heavy atom. The highest BCUT2D eigenvalue weighted by atomic mass is 35.5.